The number of benzene rings is 1. The molecule has 7 nitrogen and oxygen atoms in total. The molecule has 25 heavy (non-hydrogen) atoms. The molecule has 134 valence electrons. The lowest BCUT2D eigenvalue weighted by Gasteiger charge is -2.12. The Hall–Kier alpha value is -2.13. The second-order valence-corrected chi connectivity index (χ2v) is 6.15. The summed E-state index contributed by atoms with van der Waals surface area (Å²) in [4.78, 5) is 25.0. The molecule has 0 radical (unpaired) electrons. The summed E-state index contributed by atoms with van der Waals surface area (Å²) in [6.45, 7) is 2.10. The Kier molecular flexibility index (Phi) is 6.38. The van der Waals surface area contributed by atoms with Crippen molar-refractivity contribution < 1.29 is 23.8 Å². The number of nitrogens with zero attached hydrogens (tertiary/aromatic N) is 1. The van der Waals surface area contributed by atoms with Crippen LogP contribution in [0.5, 0.6) is 11.5 Å². The lowest BCUT2D eigenvalue weighted by atomic mass is 10.1. The molecule has 1 amide bonds. The van der Waals surface area contributed by atoms with E-state index in [0.717, 1.165) is 4.90 Å². The van der Waals surface area contributed by atoms with Crippen molar-refractivity contribution in [2.24, 2.45) is 0 Å². The maximum Gasteiger partial charge on any atom is 0.325 e. The molecule has 1 N–H and O–H groups in total. The third-order valence-corrected chi connectivity index (χ3v) is 4.37. The standard InChI is InChI=1S/C16H17BrN2O5S/c1-4-24-13-6-9(10(17)7-12(13)22-2)5-11-15(21)19(16(25)18-11)8-14(20)23-3/h5-7H,4,8H2,1-3H3,(H,18,25)/b11-5-. The molecule has 1 aromatic carbocycles. The summed E-state index contributed by atoms with van der Waals surface area (Å²) >= 11 is 8.55. The summed E-state index contributed by atoms with van der Waals surface area (Å²) in [5.74, 6) is 0.169. The zero-order valence-electron chi connectivity index (χ0n) is 13.9. The van der Waals surface area contributed by atoms with E-state index >= 15 is 0 Å². The van der Waals surface area contributed by atoms with Crippen LogP contribution in [-0.4, -0.2) is 49.3 Å². The smallest absolute Gasteiger partial charge is 0.325 e. The molecule has 1 aliphatic rings. The van der Waals surface area contributed by atoms with Crippen LogP contribution in [0.4, 0.5) is 0 Å². The van der Waals surface area contributed by atoms with Crippen molar-refractivity contribution in [3.8, 4) is 11.5 Å². The van der Waals surface area contributed by atoms with Crippen LogP contribution in [0, 0.1) is 0 Å². The third-order valence-electron chi connectivity index (χ3n) is 3.36. The topological polar surface area (TPSA) is 77.1 Å². The summed E-state index contributed by atoms with van der Waals surface area (Å²) < 4.78 is 16.1. The molecule has 2 rings (SSSR count). The van der Waals surface area contributed by atoms with E-state index in [2.05, 4.69) is 26.0 Å². The number of thiocarbonyl (C=S) groups is 1. The normalized spacial score (nSPS) is 15.4. The number of hydrogen-bond donors (Lipinski definition) is 1. The van der Waals surface area contributed by atoms with Crippen molar-refractivity contribution in [1.29, 1.82) is 0 Å². The fraction of sp³-hybridized carbons (Fsp3) is 0.312. The number of carbonyl (C=O) groups is 2. The number of ether oxygens (including phenoxy) is 3. The number of carbonyl (C=O) groups excluding carboxylic acids is 2. The van der Waals surface area contributed by atoms with Crippen molar-refractivity contribution in [2.75, 3.05) is 27.4 Å². The fourth-order valence-electron chi connectivity index (χ4n) is 2.15. The molecule has 9 heteroatoms. The molecule has 1 aromatic rings. The van der Waals surface area contributed by atoms with Gasteiger partial charge in [0.1, 0.15) is 12.2 Å². The lowest BCUT2D eigenvalue weighted by Crippen LogP contribution is -2.35. The number of rotatable bonds is 6. The van der Waals surface area contributed by atoms with E-state index < -0.39 is 11.9 Å². The molecule has 1 aliphatic heterocycles. The Morgan fingerprint density at radius 3 is 2.68 bits per heavy atom. The Balaban J connectivity index is 2.34. The van der Waals surface area contributed by atoms with Gasteiger partial charge in [-0.3, -0.25) is 14.5 Å². The van der Waals surface area contributed by atoms with Gasteiger partial charge in [0.25, 0.3) is 5.91 Å². The minimum absolute atomic E-state index is 0.149. The highest BCUT2D eigenvalue weighted by Gasteiger charge is 2.32. The van der Waals surface area contributed by atoms with Crippen LogP contribution < -0.4 is 14.8 Å². The maximum atomic E-state index is 12.4. The maximum absolute atomic E-state index is 12.4. The molecule has 0 spiro atoms. The van der Waals surface area contributed by atoms with Gasteiger partial charge in [-0.1, -0.05) is 15.9 Å². The molecular weight excluding hydrogens is 412 g/mol. The molecule has 0 aromatic heterocycles. The van der Waals surface area contributed by atoms with Gasteiger partial charge >= 0.3 is 5.97 Å². The second-order valence-electron chi connectivity index (χ2n) is 4.91. The first-order valence-electron chi connectivity index (χ1n) is 7.33. The summed E-state index contributed by atoms with van der Waals surface area (Å²) in [5.41, 5.74) is 0.949. The summed E-state index contributed by atoms with van der Waals surface area (Å²) in [5, 5.41) is 2.96. The second kappa shape index (κ2) is 8.30. The Morgan fingerprint density at radius 1 is 1.36 bits per heavy atom. The number of amides is 1. The van der Waals surface area contributed by atoms with E-state index in [0.29, 0.717) is 28.1 Å². The van der Waals surface area contributed by atoms with E-state index in [-0.39, 0.29) is 17.4 Å². The van der Waals surface area contributed by atoms with Crippen LogP contribution in [0.3, 0.4) is 0 Å². The van der Waals surface area contributed by atoms with E-state index in [4.69, 9.17) is 21.7 Å². The molecule has 0 aliphatic carbocycles. The van der Waals surface area contributed by atoms with Crippen molar-refractivity contribution in [1.82, 2.24) is 10.2 Å². The largest absolute Gasteiger partial charge is 0.493 e. The SMILES string of the molecule is CCOc1cc(/C=C2\NC(=S)N(CC(=O)OC)C2=O)c(Br)cc1OC. The number of methoxy groups -OCH3 is 2. The molecular formula is C16H17BrN2O5S. The molecule has 0 unspecified atom stereocenters. The molecule has 0 saturated carbocycles. The van der Waals surface area contributed by atoms with E-state index in [1.54, 1.807) is 25.3 Å². The molecule has 1 saturated heterocycles. The summed E-state index contributed by atoms with van der Waals surface area (Å²) in [6, 6.07) is 3.50. The Labute approximate surface area is 159 Å². The van der Waals surface area contributed by atoms with Crippen LogP contribution in [0.1, 0.15) is 12.5 Å². The number of esters is 1. The first kappa shape index (κ1) is 19.2. The van der Waals surface area contributed by atoms with Gasteiger partial charge in [0, 0.05) is 4.47 Å². The fourth-order valence-corrected chi connectivity index (χ4v) is 2.85. The molecule has 1 heterocycles. The van der Waals surface area contributed by atoms with E-state index in [1.165, 1.54) is 7.11 Å². The first-order chi connectivity index (χ1) is 11.9. The first-order valence-corrected chi connectivity index (χ1v) is 8.53. The predicted octanol–water partition coefficient (Wildman–Crippen LogP) is 2.09. The van der Waals surface area contributed by atoms with Crippen LogP contribution >= 0.6 is 28.1 Å². The van der Waals surface area contributed by atoms with Gasteiger partial charge in [0.15, 0.2) is 16.6 Å². The van der Waals surface area contributed by atoms with E-state index in [1.807, 2.05) is 6.92 Å². The monoisotopic (exact) mass is 428 g/mol. The van der Waals surface area contributed by atoms with Crippen molar-refractivity contribution in [3.05, 3.63) is 27.9 Å². The predicted molar refractivity (Wildman–Crippen MR) is 99.3 cm³/mol. The summed E-state index contributed by atoms with van der Waals surface area (Å²) in [7, 11) is 2.80. The quantitative estimate of drug-likeness (QED) is 0.422. The highest BCUT2D eigenvalue weighted by atomic mass is 79.9. The summed E-state index contributed by atoms with van der Waals surface area (Å²) in [6.07, 6.45) is 1.62. The Morgan fingerprint density at radius 2 is 2.08 bits per heavy atom. The van der Waals surface area contributed by atoms with Crippen LogP contribution in [0.25, 0.3) is 6.08 Å². The molecule has 0 bridgehead atoms. The van der Waals surface area contributed by atoms with Crippen LogP contribution in [-0.2, 0) is 14.3 Å². The highest BCUT2D eigenvalue weighted by molar-refractivity contribution is 9.10. The van der Waals surface area contributed by atoms with Gasteiger partial charge < -0.3 is 19.5 Å². The lowest BCUT2D eigenvalue weighted by molar-refractivity contribution is -0.143. The van der Waals surface area contributed by atoms with Crippen molar-refractivity contribution >= 4 is 51.2 Å². The molecule has 0 atom stereocenters. The molecule has 1 fully saturated rings. The van der Waals surface area contributed by atoms with Gasteiger partial charge in [0.2, 0.25) is 0 Å². The average Bonchev–Trinajstić information content (AvgIpc) is 2.85. The minimum atomic E-state index is -0.553. The van der Waals surface area contributed by atoms with Crippen molar-refractivity contribution in [2.45, 2.75) is 6.92 Å². The van der Waals surface area contributed by atoms with Crippen LogP contribution in [0.15, 0.2) is 22.3 Å². The number of nitrogens with one attached hydrogen (secondary N) is 1. The zero-order valence-corrected chi connectivity index (χ0v) is 16.3. The third kappa shape index (κ3) is 4.29. The van der Waals surface area contributed by atoms with Gasteiger partial charge in [-0.15, -0.1) is 0 Å². The zero-order chi connectivity index (χ0) is 18.6. The van der Waals surface area contributed by atoms with E-state index in [9.17, 15) is 9.59 Å². The minimum Gasteiger partial charge on any atom is -0.493 e. The average molecular weight is 429 g/mol. The number of halogens is 1. The van der Waals surface area contributed by atoms with Gasteiger partial charge in [-0.25, -0.2) is 0 Å². The van der Waals surface area contributed by atoms with Gasteiger partial charge in [0.05, 0.1) is 20.8 Å². The Bertz CT molecular complexity index is 750. The number of hydrogen-bond acceptors (Lipinski definition) is 6. The highest BCUT2D eigenvalue weighted by Crippen LogP contribution is 2.34. The van der Waals surface area contributed by atoms with Crippen molar-refractivity contribution in [3.63, 3.8) is 0 Å². The van der Waals surface area contributed by atoms with Gasteiger partial charge in [-0.2, -0.15) is 0 Å². The van der Waals surface area contributed by atoms with Crippen LogP contribution in [0.2, 0.25) is 0 Å². The van der Waals surface area contributed by atoms with Gasteiger partial charge in [-0.05, 0) is 42.9 Å².